The van der Waals surface area contributed by atoms with Crippen LogP contribution in [0.3, 0.4) is 0 Å². The van der Waals surface area contributed by atoms with Gasteiger partial charge in [0, 0.05) is 18.2 Å². The van der Waals surface area contributed by atoms with Crippen LogP contribution in [0.2, 0.25) is 0 Å². The SMILES string of the molecule is COC(=O)C1=CC(CC(C)C)N(C)CC1. The first-order valence-electron chi connectivity index (χ1n) is 5.53. The number of carbonyl (C=O) groups excluding carboxylic acids is 1. The highest BCUT2D eigenvalue weighted by atomic mass is 16.5. The first kappa shape index (κ1) is 12.2. The quantitative estimate of drug-likeness (QED) is 0.667. The van der Waals surface area contributed by atoms with Crippen molar-refractivity contribution in [3.8, 4) is 0 Å². The molecule has 1 aliphatic rings. The normalized spacial score (nSPS) is 22.7. The number of hydrogen-bond acceptors (Lipinski definition) is 3. The van der Waals surface area contributed by atoms with Crippen LogP contribution in [0.15, 0.2) is 11.6 Å². The van der Waals surface area contributed by atoms with Crippen LogP contribution < -0.4 is 0 Å². The molecule has 0 saturated carbocycles. The molecule has 1 aliphatic heterocycles. The zero-order chi connectivity index (χ0) is 11.4. The van der Waals surface area contributed by atoms with Gasteiger partial charge in [-0.25, -0.2) is 4.79 Å². The molecule has 0 spiro atoms. The van der Waals surface area contributed by atoms with Gasteiger partial charge in [-0.3, -0.25) is 4.90 Å². The lowest BCUT2D eigenvalue weighted by Crippen LogP contribution is -2.36. The Morgan fingerprint density at radius 2 is 2.33 bits per heavy atom. The van der Waals surface area contributed by atoms with Crippen molar-refractivity contribution in [2.75, 3.05) is 20.7 Å². The van der Waals surface area contributed by atoms with E-state index in [9.17, 15) is 4.79 Å². The largest absolute Gasteiger partial charge is 0.466 e. The van der Waals surface area contributed by atoms with Crippen molar-refractivity contribution >= 4 is 5.97 Å². The van der Waals surface area contributed by atoms with Crippen LogP contribution in [0, 0.1) is 5.92 Å². The van der Waals surface area contributed by atoms with Gasteiger partial charge in [-0.2, -0.15) is 0 Å². The first-order valence-corrected chi connectivity index (χ1v) is 5.53. The molecule has 0 saturated heterocycles. The van der Waals surface area contributed by atoms with Crippen molar-refractivity contribution in [3.63, 3.8) is 0 Å². The predicted molar refractivity (Wildman–Crippen MR) is 60.6 cm³/mol. The number of nitrogens with zero attached hydrogens (tertiary/aromatic N) is 1. The summed E-state index contributed by atoms with van der Waals surface area (Å²) in [5.41, 5.74) is 0.834. The van der Waals surface area contributed by atoms with E-state index in [4.69, 9.17) is 4.74 Å². The Morgan fingerprint density at radius 3 is 2.87 bits per heavy atom. The minimum Gasteiger partial charge on any atom is -0.466 e. The number of likely N-dealkylation sites (N-methyl/N-ethyl adjacent to an activating group) is 1. The molecule has 1 atom stereocenters. The number of hydrogen-bond donors (Lipinski definition) is 0. The van der Waals surface area contributed by atoms with Crippen molar-refractivity contribution in [1.29, 1.82) is 0 Å². The second-order valence-corrected chi connectivity index (χ2v) is 4.61. The van der Waals surface area contributed by atoms with E-state index in [1.54, 1.807) is 0 Å². The second kappa shape index (κ2) is 5.31. The Hall–Kier alpha value is -0.830. The molecular formula is C12H21NO2. The molecule has 0 fully saturated rings. The van der Waals surface area contributed by atoms with Gasteiger partial charge in [0.1, 0.15) is 0 Å². The van der Waals surface area contributed by atoms with E-state index >= 15 is 0 Å². The molecule has 1 unspecified atom stereocenters. The number of methoxy groups -OCH3 is 1. The third kappa shape index (κ3) is 3.34. The van der Waals surface area contributed by atoms with E-state index in [1.807, 2.05) is 0 Å². The van der Waals surface area contributed by atoms with Crippen LogP contribution >= 0.6 is 0 Å². The molecular weight excluding hydrogens is 190 g/mol. The molecule has 0 aliphatic carbocycles. The minimum absolute atomic E-state index is 0.170. The third-order valence-electron chi connectivity index (χ3n) is 2.85. The zero-order valence-electron chi connectivity index (χ0n) is 10.1. The van der Waals surface area contributed by atoms with Crippen LogP contribution in [0.1, 0.15) is 26.7 Å². The van der Waals surface area contributed by atoms with Gasteiger partial charge in [0.05, 0.1) is 7.11 Å². The predicted octanol–water partition coefficient (Wildman–Crippen LogP) is 1.84. The molecule has 1 rings (SSSR count). The lowest BCUT2D eigenvalue weighted by atomic mass is 9.96. The van der Waals surface area contributed by atoms with Gasteiger partial charge in [-0.1, -0.05) is 19.9 Å². The van der Waals surface area contributed by atoms with Crippen LogP contribution in [0.5, 0.6) is 0 Å². The van der Waals surface area contributed by atoms with Crippen molar-refractivity contribution in [2.24, 2.45) is 5.92 Å². The summed E-state index contributed by atoms with van der Waals surface area (Å²) in [5.74, 6) is 0.475. The van der Waals surface area contributed by atoms with Crippen LogP contribution in [0.4, 0.5) is 0 Å². The highest BCUT2D eigenvalue weighted by Gasteiger charge is 2.23. The first-order chi connectivity index (χ1) is 7.04. The maximum absolute atomic E-state index is 11.4. The van der Waals surface area contributed by atoms with Crippen molar-refractivity contribution in [1.82, 2.24) is 4.90 Å². The molecule has 86 valence electrons. The molecule has 0 N–H and O–H groups in total. The average Bonchev–Trinajstić information content (AvgIpc) is 2.19. The summed E-state index contributed by atoms with van der Waals surface area (Å²) in [7, 11) is 3.55. The van der Waals surface area contributed by atoms with Gasteiger partial charge < -0.3 is 4.74 Å². The van der Waals surface area contributed by atoms with E-state index in [2.05, 4.69) is 31.9 Å². The summed E-state index contributed by atoms with van der Waals surface area (Å²) in [4.78, 5) is 13.7. The highest BCUT2D eigenvalue weighted by Crippen LogP contribution is 2.20. The van der Waals surface area contributed by atoms with Crippen LogP contribution in [-0.4, -0.2) is 37.6 Å². The Kier molecular flexibility index (Phi) is 4.33. The maximum atomic E-state index is 11.4. The minimum atomic E-state index is -0.170. The molecule has 1 heterocycles. The Labute approximate surface area is 92.1 Å². The number of carbonyl (C=O) groups is 1. The summed E-state index contributed by atoms with van der Waals surface area (Å²) in [6, 6.07) is 0.382. The molecule has 3 nitrogen and oxygen atoms in total. The van der Waals surface area contributed by atoms with Crippen molar-refractivity contribution < 1.29 is 9.53 Å². The fourth-order valence-corrected chi connectivity index (χ4v) is 1.94. The van der Waals surface area contributed by atoms with Crippen molar-refractivity contribution in [3.05, 3.63) is 11.6 Å². The van der Waals surface area contributed by atoms with Crippen molar-refractivity contribution in [2.45, 2.75) is 32.7 Å². The molecule has 3 heteroatoms. The van der Waals surface area contributed by atoms with E-state index in [0.717, 1.165) is 25.0 Å². The fourth-order valence-electron chi connectivity index (χ4n) is 1.94. The number of esters is 1. The molecule has 0 radical (unpaired) electrons. The zero-order valence-corrected chi connectivity index (χ0v) is 10.1. The van der Waals surface area contributed by atoms with Gasteiger partial charge in [0.15, 0.2) is 0 Å². The Morgan fingerprint density at radius 1 is 1.67 bits per heavy atom. The average molecular weight is 211 g/mol. The molecule has 0 aromatic carbocycles. The summed E-state index contributed by atoms with van der Waals surface area (Å²) in [6.07, 6.45) is 3.96. The smallest absolute Gasteiger partial charge is 0.333 e. The van der Waals surface area contributed by atoms with E-state index in [1.165, 1.54) is 7.11 Å². The van der Waals surface area contributed by atoms with E-state index in [-0.39, 0.29) is 5.97 Å². The van der Waals surface area contributed by atoms with E-state index < -0.39 is 0 Å². The van der Waals surface area contributed by atoms with Gasteiger partial charge in [-0.05, 0) is 25.8 Å². The Bertz CT molecular complexity index is 258. The highest BCUT2D eigenvalue weighted by molar-refractivity contribution is 5.88. The van der Waals surface area contributed by atoms with Gasteiger partial charge >= 0.3 is 5.97 Å². The molecule has 0 aromatic rings. The lowest BCUT2D eigenvalue weighted by molar-refractivity contribution is -0.136. The van der Waals surface area contributed by atoms with E-state index in [0.29, 0.717) is 12.0 Å². The van der Waals surface area contributed by atoms with Gasteiger partial charge in [0.25, 0.3) is 0 Å². The standard InChI is InChI=1S/C12H21NO2/c1-9(2)7-11-8-10(12(14)15-4)5-6-13(11)3/h8-9,11H,5-7H2,1-4H3. The summed E-state index contributed by atoms with van der Waals surface area (Å²) in [6.45, 7) is 5.35. The molecule has 0 bridgehead atoms. The lowest BCUT2D eigenvalue weighted by Gasteiger charge is -2.31. The van der Waals surface area contributed by atoms with Crippen LogP contribution in [0.25, 0.3) is 0 Å². The summed E-state index contributed by atoms with van der Waals surface area (Å²) >= 11 is 0. The summed E-state index contributed by atoms with van der Waals surface area (Å²) < 4.78 is 4.75. The van der Waals surface area contributed by atoms with Gasteiger partial charge in [0.2, 0.25) is 0 Å². The molecule has 0 amide bonds. The topological polar surface area (TPSA) is 29.5 Å². The van der Waals surface area contributed by atoms with Gasteiger partial charge in [-0.15, -0.1) is 0 Å². The molecule has 15 heavy (non-hydrogen) atoms. The third-order valence-corrected chi connectivity index (χ3v) is 2.85. The number of ether oxygens (including phenoxy) is 1. The fraction of sp³-hybridized carbons (Fsp3) is 0.750. The number of rotatable bonds is 3. The molecule has 0 aromatic heterocycles. The second-order valence-electron chi connectivity index (χ2n) is 4.61. The van der Waals surface area contributed by atoms with Crippen LogP contribution in [-0.2, 0) is 9.53 Å². The Balaban J connectivity index is 2.71. The summed E-state index contributed by atoms with van der Waals surface area (Å²) in [5, 5.41) is 0. The maximum Gasteiger partial charge on any atom is 0.333 e. The monoisotopic (exact) mass is 211 g/mol.